The summed E-state index contributed by atoms with van der Waals surface area (Å²) in [5.41, 5.74) is 8.16. The van der Waals surface area contributed by atoms with Gasteiger partial charge < -0.3 is 10.6 Å². The number of hydrogen-bond acceptors (Lipinski definition) is 3. The zero-order valence-electron chi connectivity index (χ0n) is 17.6. The van der Waals surface area contributed by atoms with Gasteiger partial charge in [0.15, 0.2) is 0 Å². The summed E-state index contributed by atoms with van der Waals surface area (Å²) >= 11 is 0. The molecule has 0 radical (unpaired) electrons. The molecule has 2 aromatic rings. The maximum Gasteiger partial charge on any atom is 0.222 e. The first-order valence-corrected chi connectivity index (χ1v) is 10.6. The van der Waals surface area contributed by atoms with E-state index >= 15 is 0 Å². The van der Waals surface area contributed by atoms with E-state index in [2.05, 4.69) is 65.6 Å². The van der Waals surface area contributed by atoms with Gasteiger partial charge in [0.05, 0.1) is 6.04 Å². The first-order valence-electron chi connectivity index (χ1n) is 10.6. The quantitative estimate of drug-likeness (QED) is 0.563. The summed E-state index contributed by atoms with van der Waals surface area (Å²) < 4.78 is 0. The van der Waals surface area contributed by atoms with E-state index in [0.717, 1.165) is 58.4 Å². The lowest BCUT2D eigenvalue weighted by atomic mass is 9.96. The molecule has 1 amide bonds. The molecule has 2 aromatic carbocycles. The molecule has 166 valence electrons. The minimum Gasteiger partial charge on any atom is -0.340 e. The summed E-state index contributed by atoms with van der Waals surface area (Å²) in [6.07, 6.45) is 4.95. The van der Waals surface area contributed by atoms with Crippen molar-refractivity contribution in [2.24, 2.45) is 5.73 Å². The van der Waals surface area contributed by atoms with Crippen molar-refractivity contribution in [3.63, 3.8) is 0 Å². The molecule has 0 atom stereocenters. The highest BCUT2D eigenvalue weighted by Crippen LogP contribution is 2.29. The predicted molar refractivity (Wildman–Crippen MR) is 130 cm³/mol. The van der Waals surface area contributed by atoms with Crippen molar-refractivity contribution in [1.82, 2.24) is 9.80 Å². The van der Waals surface area contributed by atoms with Crippen molar-refractivity contribution in [3.05, 3.63) is 71.8 Å². The van der Waals surface area contributed by atoms with E-state index < -0.39 is 0 Å². The van der Waals surface area contributed by atoms with E-state index in [-0.39, 0.29) is 30.9 Å². The highest BCUT2D eigenvalue weighted by atomic mass is 35.5. The molecule has 0 aliphatic carbocycles. The van der Waals surface area contributed by atoms with Crippen LogP contribution in [0.15, 0.2) is 60.7 Å². The Kier molecular flexibility index (Phi) is 12.7. The van der Waals surface area contributed by atoms with Gasteiger partial charge in [-0.05, 0) is 30.5 Å². The average Bonchev–Trinajstić information content (AvgIpc) is 2.76. The van der Waals surface area contributed by atoms with E-state index in [1.165, 1.54) is 11.1 Å². The van der Waals surface area contributed by atoms with Crippen LogP contribution in [0.2, 0.25) is 0 Å². The Hall–Kier alpha value is -1.59. The molecular formula is C24H35Cl2N3O. The summed E-state index contributed by atoms with van der Waals surface area (Å²) in [6, 6.07) is 21.6. The van der Waals surface area contributed by atoms with Gasteiger partial charge in [-0.25, -0.2) is 0 Å². The molecule has 2 N–H and O–H groups in total. The second-order valence-electron chi connectivity index (χ2n) is 7.59. The lowest BCUT2D eigenvalue weighted by Crippen LogP contribution is -2.49. The molecule has 0 aromatic heterocycles. The molecule has 6 heteroatoms. The first kappa shape index (κ1) is 26.4. The number of carbonyl (C=O) groups is 1. The SMILES string of the molecule is Cl.Cl.NCCCCCCC(=O)N1CCN(C(c2ccccc2)c2ccccc2)CC1. The fraction of sp³-hybridized carbons (Fsp3) is 0.458. The number of nitrogens with zero attached hydrogens (tertiary/aromatic N) is 2. The van der Waals surface area contributed by atoms with Crippen LogP contribution >= 0.6 is 24.8 Å². The van der Waals surface area contributed by atoms with Crippen LogP contribution in [0.4, 0.5) is 0 Å². The third-order valence-electron chi connectivity index (χ3n) is 5.61. The van der Waals surface area contributed by atoms with Crippen LogP contribution in [-0.2, 0) is 4.79 Å². The first-order chi connectivity index (χ1) is 13.8. The largest absolute Gasteiger partial charge is 0.340 e. The summed E-state index contributed by atoms with van der Waals surface area (Å²) in [4.78, 5) is 17.1. The Morgan fingerprint density at radius 3 is 1.77 bits per heavy atom. The predicted octanol–water partition coefficient (Wildman–Crippen LogP) is 4.67. The van der Waals surface area contributed by atoms with Crippen LogP contribution in [0, 0.1) is 0 Å². The summed E-state index contributed by atoms with van der Waals surface area (Å²) in [5.74, 6) is 0.309. The monoisotopic (exact) mass is 451 g/mol. The van der Waals surface area contributed by atoms with Crippen molar-refractivity contribution in [1.29, 1.82) is 0 Å². The Morgan fingerprint density at radius 1 is 0.767 bits per heavy atom. The molecule has 1 heterocycles. The summed E-state index contributed by atoms with van der Waals surface area (Å²) in [6.45, 7) is 4.20. The molecule has 0 spiro atoms. The minimum atomic E-state index is 0. The molecule has 1 fully saturated rings. The number of rotatable bonds is 9. The molecule has 30 heavy (non-hydrogen) atoms. The van der Waals surface area contributed by atoms with Gasteiger partial charge >= 0.3 is 0 Å². The summed E-state index contributed by atoms with van der Waals surface area (Å²) in [7, 11) is 0. The van der Waals surface area contributed by atoms with Gasteiger partial charge in [0.25, 0.3) is 0 Å². The van der Waals surface area contributed by atoms with Crippen molar-refractivity contribution >= 4 is 30.7 Å². The second-order valence-corrected chi connectivity index (χ2v) is 7.59. The van der Waals surface area contributed by atoms with Gasteiger partial charge in [0.1, 0.15) is 0 Å². The third kappa shape index (κ3) is 7.59. The smallest absolute Gasteiger partial charge is 0.222 e. The van der Waals surface area contributed by atoms with Crippen molar-refractivity contribution in [2.45, 2.75) is 38.1 Å². The normalized spacial score (nSPS) is 14.1. The van der Waals surface area contributed by atoms with Gasteiger partial charge in [-0.15, -0.1) is 24.8 Å². The van der Waals surface area contributed by atoms with Gasteiger partial charge in [0.2, 0.25) is 5.91 Å². The number of carbonyl (C=O) groups excluding carboxylic acids is 1. The molecule has 0 bridgehead atoms. The zero-order valence-corrected chi connectivity index (χ0v) is 19.3. The van der Waals surface area contributed by atoms with Gasteiger partial charge in [0, 0.05) is 32.6 Å². The molecule has 1 aliphatic rings. The second kappa shape index (κ2) is 14.4. The molecule has 0 unspecified atom stereocenters. The Labute approximate surface area is 193 Å². The van der Waals surface area contributed by atoms with E-state index in [9.17, 15) is 4.79 Å². The van der Waals surface area contributed by atoms with Crippen molar-refractivity contribution in [3.8, 4) is 0 Å². The number of unbranched alkanes of at least 4 members (excludes halogenated alkanes) is 3. The molecular weight excluding hydrogens is 417 g/mol. The number of piperazine rings is 1. The van der Waals surface area contributed by atoms with E-state index in [1.54, 1.807) is 0 Å². The minimum absolute atomic E-state index is 0. The average molecular weight is 452 g/mol. The molecule has 4 nitrogen and oxygen atoms in total. The Balaban J connectivity index is 0.00000225. The van der Waals surface area contributed by atoms with E-state index in [0.29, 0.717) is 12.3 Å². The maximum atomic E-state index is 12.5. The molecule has 3 rings (SSSR count). The summed E-state index contributed by atoms with van der Waals surface area (Å²) in [5, 5.41) is 0. The number of benzene rings is 2. The topological polar surface area (TPSA) is 49.6 Å². The lowest BCUT2D eigenvalue weighted by molar-refractivity contribution is -0.133. The lowest BCUT2D eigenvalue weighted by Gasteiger charge is -2.40. The third-order valence-corrected chi connectivity index (χ3v) is 5.61. The van der Waals surface area contributed by atoms with Gasteiger partial charge in [-0.3, -0.25) is 9.69 Å². The van der Waals surface area contributed by atoms with E-state index in [1.807, 2.05) is 4.90 Å². The standard InChI is InChI=1S/C24H33N3O.2ClH/c25-16-10-2-1-9-15-23(28)26-17-19-27(20-18-26)24(21-11-5-3-6-12-21)22-13-7-4-8-14-22;;/h3-8,11-14,24H,1-2,9-10,15-20,25H2;2*1H. The fourth-order valence-corrected chi connectivity index (χ4v) is 4.05. The Bertz CT molecular complexity index is 667. The van der Waals surface area contributed by atoms with Crippen molar-refractivity contribution < 1.29 is 4.79 Å². The maximum absolute atomic E-state index is 12.5. The van der Waals surface area contributed by atoms with Crippen LogP contribution in [0.5, 0.6) is 0 Å². The van der Waals surface area contributed by atoms with Crippen LogP contribution in [0.3, 0.4) is 0 Å². The molecule has 1 aliphatic heterocycles. The number of hydrogen-bond donors (Lipinski definition) is 1. The van der Waals surface area contributed by atoms with Crippen molar-refractivity contribution in [2.75, 3.05) is 32.7 Å². The highest BCUT2D eigenvalue weighted by molar-refractivity contribution is 5.85. The van der Waals surface area contributed by atoms with E-state index in [4.69, 9.17) is 5.73 Å². The van der Waals surface area contributed by atoms with Crippen LogP contribution in [0.1, 0.15) is 49.3 Å². The van der Waals surface area contributed by atoms with Crippen LogP contribution in [-0.4, -0.2) is 48.4 Å². The van der Waals surface area contributed by atoms with Crippen LogP contribution in [0.25, 0.3) is 0 Å². The van der Waals surface area contributed by atoms with Gasteiger partial charge in [-0.2, -0.15) is 0 Å². The molecule has 0 saturated carbocycles. The zero-order chi connectivity index (χ0) is 19.6. The molecule has 1 saturated heterocycles. The highest BCUT2D eigenvalue weighted by Gasteiger charge is 2.27. The fourth-order valence-electron chi connectivity index (χ4n) is 4.05. The Morgan fingerprint density at radius 2 is 1.27 bits per heavy atom. The number of nitrogens with two attached hydrogens (primary N) is 1. The van der Waals surface area contributed by atoms with Gasteiger partial charge in [-0.1, -0.05) is 73.5 Å². The van der Waals surface area contributed by atoms with Crippen LogP contribution < -0.4 is 5.73 Å². The number of halogens is 2. The number of amides is 1.